The first kappa shape index (κ1) is 14.0. The molecule has 1 aliphatic rings. The minimum absolute atomic E-state index is 0.0452. The van der Waals surface area contributed by atoms with E-state index in [4.69, 9.17) is 10.2 Å². The molecule has 0 saturated heterocycles. The summed E-state index contributed by atoms with van der Waals surface area (Å²) in [5, 5.41) is 20.3. The molecule has 1 rings (SSSR count). The van der Waals surface area contributed by atoms with Crippen LogP contribution in [0.4, 0.5) is 0 Å². The van der Waals surface area contributed by atoms with Gasteiger partial charge in [-0.15, -0.1) is 0 Å². The molecule has 0 radical (unpaired) electrons. The molecule has 0 aromatic heterocycles. The lowest BCUT2D eigenvalue weighted by atomic mass is 9.73. The van der Waals surface area contributed by atoms with Crippen molar-refractivity contribution in [2.24, 2.45) is 17.8 Å². The van der Waals surface area contributed by atoms with Crippen LogP contribution in [0.5, 0.6) is 0 Å². The van der Waals surface area contributed by atoms with Crippen molar-refractivity contribution in [3.8, 4) is 12.0 Å². The summed E-state index contributed by atoms with van der Waals surface area (Å²) in [6.45, 7) is 1.54. The Morgan fingerprint density at radius 1 is 1.11 bits per heavy atom. The second-order valence-electron chi connectivity index (χ2n) is 4.26. The van der Waals surface area contributed by atoms with Crippen LogP contribution in [0.25, 0.3) is 0 Å². The van der Waals surface area contributed by atoms with Crippen LogP contribution in [-0.4, -0.2) is 28.1 Å². The van der Waals surface area contributed by atoms with E-state index in [1.807, 2.05) is 0 Å². The number of amides is 1. The predicted octanol–water partition coefficient (Wildman–Crippen LogP) is 0.285. The highest BCUT2D eigenvalue weighted by Gasteiger charge is 2.41. The Labute approximate surface area is 104 Å². The fraction of sp³-hybridized carbons (Fsp3) is 0.583. The third kappa shape index (κ3) is 3.23. The zero-order chi connectivity index (χ0) is 13.7. The van der Waals surface area contributed by atoms with Gasteiger partial charge in [-0.3, -0.25) is 19.7 Å². The molecular weight excluding hydrogens is 238 g/mol. The van der Waals surface area contributed by atoms with E-state index in [0.29, 0.717) is 0 Å². The fourth-order valence-corrected chi connectivity index (χ4v) is 2.20. The number of carbonyl (C=O) groups is 3. The summed E-state index contributed by atoms with van der Waals surface area (Å²) in [6, 6.07) is 2.36. The number of hydrogen-bond acceptors (Lipinski definition) is 3. The number of carbonyl (C=O) groups excluding carboxylic acids is 1. The maximum Gasteiger partial charge on any atom is 0.307 e. The van der Waals surface area contributed by atoms with E-state index < -0.39 is 35.6 Å². The Morgan fingerprint density at radius 2 is 1.78 bits per heavy atom. The minimum Gasteiger partial charge on any atom is -0.481 e. The molecule has 1 saturated carbocycles. The quantitative estimate of drug-likeness (QED) is 0.495. The summed E-state index contributed by atoms with van der Waals surface area (Å²) in [7, 11) is 0. The Hall–Kier alpha value is -2.03. The van der Waals surface area contributed by atoms with Gasteiger partial charge < -0.3 is 10.2 Å². The largest absolute Gasteiger partial charge is 0.481 e. The number of hydrogen-bond donors (Lipinski definition) is 3. The number of nitrogens with one attached hydrogen (secondary N) is 1. The highest BCUT2D eigenvalue weighted by Crippen LogP contribution is 2.34. The first-order valence-corrected chi connectivity index (χ1v) is 5.64. The zero-order valence-corrected chi connectivity index (χ0v) is 9.97. The van der Waals surface area contributed by atoms with Gasteiger partial charge in [0.15, 0.2) is 0 Å². The molecule has 0 aromatic carbocycles. The van der Waals surface area contributed by atoms with Gasteiger partial charge >= 0.3 is 11.9 Å². The molecule has 18 heavy (non-hydrogen) atoms. The van der Waals surface area contributed by atoms with Crippen LogP contribution in [-0.2, 0) is 14.4 Å². The van der Waals surface area contributed by atoms with Crippen LogP contribution in [0.3, 0.4) is 0 Å². The first-order chi connectivity index (χ1) is 8.47. The van der Waals surface area contributed by atoms with Gasteiger partial charge in [-0.05, 0) is 26.2 Å². The number of rotatable bonds is 3. The van der Waals surface area contributed by atoms with Crippen molar-refractivity contribution in [2.75, 3.05) is 0 Å². The highest BCUT2D eigenvalue weighted by molar-refractivity contribution is 5.86. The maximum absolute atomic E-state index is 11.8. The summed E-state index contributed by atoms with van der Waals surface area (Å²) in [5.74, 6) is -2.43. The Balaban J connectivity index is 2.83. The summed E-state index contributed by atoms with van der Waals surface area (Å²) in [6.07, 6.45) is 0.531. The van der Waals surface area contributed by atoms with Gasteiger partial charge in [0.05, 0.1) is 17.8 Å². The van der Waals surface area contributed by atoms with Crippen LogP contribution < -0.4 is 5.32 Å². The lowest BCUT2D eigenvalue weighted by Gasteiger charge is -2.30. The van der Waals surface area contributed by atoms with Crippen molar-refractivity contribution in [1.82, 2.24) is 5.32 Å². The maximum atomic E-state index is 11.8. The lowest BCUT2D eigenvalue weighted by Crippen LogP contribution is -2.41. The minimum atomic E-state index is -1.07. The number of carboxylic acids is 2. The molecule has 98 valence electrons. The number of carboxylic acid groups (broad SMARTS) is 2. The normalized spacial score (nSPS) is 26.6. The molecule has 0 aromatic rings. The second-order valence-corrected chi connectivity index (χ2v) is 4.26. The molecule has 1 aliphatic carbocycles. The molecule has 0 bridgehead atoms. The van der Waals surface area contributed by atoms with Crippen LogP contribution in [0.2, 0.25) is 0 Å². The zero-order valence-electron chi connectivity index (χ0n) is 9.97. The standard InChI is InChI=1S/C12H15NO5/c1-2-5-13-10(14)9-6-7(11(15)16)3-4-8(9)12(17)18/h7-9H,3-4,6H2,1H3,(H,13,14)(H,15,16)(H,17,18). The smallest absolute Gasteiger partial charge is 0.307 e. The molecule has 1 amide bonds. The Bertz CT molecular complexity index is 420. The molecule has 0 heterocycles. The summed E-state index contributed by atoms with van der Waals surface area (Å²) in [5.41, 5.74) is 0. The van der Waals surface area contributed by atoms with Gasteiger partial charge in [-0.2, -0.15) is 0 Å². The molecular formula is C12H15NO5. The van der Waals surface area contributed by atoms with E-state index in [2.05, 4.69) is 17.3 Å². The Kier molecular flexibility index (Phi) is 4.72. The molecule has 3 atom stereocenters. The molecule has 0 aliphatic heterocycles. The summed E-state index contributed by atoms with van der Waals surface area (Å²) < 4.78 is 0. The fourth-order valence-electron chi connectivity index (χ4n) is 2.20. The highest BCUT2D eigenvalue weighted by atomic mass is 16.4. The van der Waals surface area contributed by atoms with Crippen molar-refractivity contribution >= 4 is 17.8 Å². The molecule has 6 heteroatoms. The topological polar surface area (TPSA) is 104 Å². The van der Waals surface area contributed by atoms with Gasteiger partial charge in [0, 0.05) is 6.04 Å². The molecule has 6 nitrogen and oxygen atoms in total. The van der Waals surface area contributed by atoms with E-state index >= 15 is 0 Å². The first-order valence-electron chi connectivity index (χ1n) is 5.64. The molecule has 1 fully saturated rings. The monoisotopic (exact) mass is 253 g/mol. The predicted molar refractivity (Wildman–Crippen MR) is 61.2 cm³/mol. The van der Waals surface area contributed by atoms with Crippen molar-refractivity contribution in [2.45, 2.75) is 26.2 Å². The number of aliphatic carboxylic acids is 2. The Morgan fingerprint density at radius 3 is 2.28 bits per heavy atom. The molecule has 0 spiro atoms. The molecule has 3 unspecified atom stereocenters. The van der Waals surface area contributed by atoms with E-state index in [9.17, 15) is 14.4 Å². The van der Waals surface area contributed by atoms with E-state index in [0.717, 1.165) is 0 Å². The van der Waals surface area contributed by atoms with Crippen LogP contribution >= 0.6 is 0 Å². The third-order valence-electron chi connectivity index (χ3n) is 3.16. The van der Waals surface area contributed by atoms with Gasteiger partial charge in [0.1, 0.15) is 0 Å². The van der Waals surface area contributed by atoms with Crippen molar-refractivity contribution in [3.05, 3.63) is 0 Å². The SMILES string of the molecule is CC#CNC(=O)C1CC(C(=O)O)CCC1C(=O)O. The average Bonchev–Trinajstić information content (AvgIpc) is 2.34. The second kappa shape index (κ2) is 6.05. The van der Waals surface area contributed by atoms with Gasteiger partial charge in [0.2, 0.25) is 5.91 Å². The van der Waals surface area contributed by atoms with Crippen LogP contribution in [0, 0.1) is 29.7 Å². The summed E-state index contributed by atoms with van der Waals surface area (Å²) in [4.78, 5) is 33.7. The van der Waals surface area contributed by atoms with Gasteiger partial charge in [0.25, 0.3) is 0 Å². The van der Waals surface area contributed by atoms with E-state index in [1.165, 1.54) is 6.92 Å². The molecule has 3 N–H and O–H groups in total. The van der Waals surface area contributed by atoms with Gasteiger partial charge in [-0.1, -0.05) is 5.92 Å². The lowest BCUT2D eigenvalue weighted by molar-refractivity contribution is -0.153. The van der Waals surface area contributed by atoms with Crippen molar-refractivity contribution in [1.29, 1.82) is 0 Å². The third-order valence-corrected chi connectivity index (χ3v) is 3.16. The van der Waals surface area contributed by atoms with Crippen molar-refractivity contribution in [3.63, 3.8) is 0 Å². The van der Waals surface area contributed by atoms with Crippen LogP contribution in [0.15, 0.2) is 0 Å². The van der Waals surface area contributed by atoms with Crippen LogP contribution in [0.1, 0.15) is 26.2 Å². The van der Waals surface area contributed by atoms with E-state index in [1.54, 1.807) is 0 Å². The van der Waals surface area contributed by atoms with E-state index in [-0.39, 0.29) is 19.3 Å². The summed E-state index contributed by atoms with van der Waals surface area (Å²) >= 11 is 0. The van der Waals surface area contributed by atoms with Crippen molar-refractivity contribution < 1.29 is 24.6 Å². The van der Waals surface area contributed by atoms with Gasteiger partial charge in [-0.25, -0.2) is 0 Å². The average molecular weight is 253 g/mol.